The molecule has 2 amide bonds. The molecule has 2 unspecified atom stereocenters. The van der Waals surface area contributed by atoms with E-state index in [9.17, 15) is 9.59 Å². The van der Waals surface area contributed by atoms with Gasteiger partial charge in [-0.2, -0.15) is 5.10 Å². The third-order valence-corrected chi connectivity index (χ3v) is 8.35. The van der Waals surface area contributed by atoms with Crippen molar-refractivity contribution < 1.29 is 9.59 Å². The van der Waals surface area contributed by atoms with E-state index < -0.39 is 6.04 Å². The number of nitrogens with two attached hydrogens (primary N) is 1. The third kappa shape index (κ3) is 8.16. The van der Waals surface area contributed by atoms with Crippen LogP contribution >= 0.6 is 0 Å². The highest BCUT2D eigenvalue weighted by Crippen LogP contribution is 2.27. The maximum absolute atomic E-state index is 14.0. The van der Waals surface area contributed by atoms with Gasteiger partial charge in [0, 0.05) is 38.1 Å². The standard InChI is InChI=1S/C35H42N8O2/c1-25-30(23-40-43(25)29-16-9-4-10-17-29)33(44)39-22-28-19-21-42(34(45)32(41-28)18-11-20-38-35(36)37)24-31(26-12-5-2-6-13-26)27-14-7-3-8-15-27/h2-10,12-17,23,28,31-32,41H,11,18-22,24H2,1H3,(H,39,44)(H4,36,37,38). The second-order valence-corrected chi connectivity index (χ2v) is 11.4. The molecule has 45 heavy (non-hydrogen) atoms. The zero-order chi connectivity index (χ0) is 31.6. The molecular formula is C35H42N8O2. The van der Waals surface area contributed by atoms with Crippen molar-refractivity contribution in [2.24, 2.45) is 5.73 Å². The average molecular weight is 607 g/mol. The van der Waals surface area contributed by atoms with Crippen molar-refractivity contribution in [3.63, 3.8) is 0 Å². The summed E-state index contributed by atoms with van der Waals surface area (Å²) in [5.74, 6) is -0.212. The van der Waals surface area contributed by atoms with Crippen LogP contribution in [-0.2, 0) is 4.79 Å². The predicted molar refractivity (Wildman–Crippen MR) is 176 cm³/mol. The first kappa shape index (κ1) is 31.5. The Morgan fingerprint density at radius 3 is 2.24 bits per heavy atom. The summed E-state index contributed by atoms with van der Waals surface area (Å²) in [6.07, 6.45) is 3.52. The maximum atomic E-state index is 14.0. The minimum absolute atomic E-state index is 0.0248. The second-order valence-electron chi connectivity index (χ2n) is 11.4. The maximum Gasteiger partial charge on any atom is 0.254 e. The van der Waals surface area contributed by atoms with Crippen LogP contribution in [0.15, 0.2) is 97.2 Å². The molecule has 4 aromatic rings. The van der Waals surface area contributed by atoms with Crippen LogP contribution in [0.25, 0.3) is 5.69 Å². The zero-order valence-electron chi connectivity index (χ0n) is 25.7. The van der Waals surface area contributed by atoms with Crippen molar-refractivity contribution in [1.29, 1.82) is 5.41 Å². The second kappa shape index (κ2) is 15.2. The number of guanidine groups is 1. The SMILES string of the molecule is Cc1c(C(=O)NCC2CCN(CC(c3ccccc3)c3ccccc3)C(=O)C(CCCNC(=N)N)N2)cnn1-c1ccccc1. The highest BCUT2D eigenvalue weighted by atomic mass is 16.2. The first-order chi connectivity index (χ1) is 21.9. The van der Waals surface area contributed by atoms with E-state index in [1.54, 1.807) is 10.9 Å². The van der Waals surface area contributed by atoms with Gasteiger partial charge in [-0.1, -0.05) is 78.9 Å². The summed E-state index contributed by atoms with van der Waals surface area (Å²) in [6, 6.07) is 29.8. The number of rotatable bonds is 12. The Morgan fingerprint density at radius 2 is 1.62 bits per heavy atom. The Balaban J connectivity index is 1.30. The number of nitrogens with one attached hydrogen (secondary N) is 4. The van der Waals surface area contributed by atoms with Gasteiger partial charge in [-0.25, -0.2) is 4.68 Å². The Morgan fingerprint density at radius 1 is 1.00 bits per heavy atom. The minimum atomic E-state index is -0.432. The van der Waals surface area contributed by atoms with Gasteiger partial charge in [0.05, 0.1) is 29.2 Å². The van der Waals surface area contributed by atoms with Gasteiger partial charge in [0.15, 0.2) is 5.96 Å². The minimum Gasteiger partial charge on any atom is -0.370 e. The fourth-order valence-electron chi connectivity index (χ4n) is 5.93. The van der Waals surface area contributed by atoms with Crippen LogP contribution in [0.1, 0.15) is 52.4 Å². The van der Waals surface area contributed by atoms with Crippen LogP contribution in [0.4, 0.5) is 0 Å². The van der Waals surface area contributed by atoms with Crippen molar-refractivity contribution >= 4 is 17.8 Å². The summed E-state index contributed by atoms with van der Waals surface area (Å²) in [6.45, 7) is 3.88. The molecule has 0 bridgehead atoms. The first-order valence-electron chi connectivity index (χ1n) is 15.5. The highest BCUT2D eigenvalue weighted by Gasteiger charge is 2.32. The average Bonchev–Trinajstić information content (AvgIpc) is 3.39. The normalized spacial score (nSPS) is 16.8. The molecule has 0 aliphatic carbocycles. The lowest BCUT2D eigenvalue weighted by Gasteiger charge is -2.29. The molecule has 10 nitrogen and oxygen atoms in total. The van der Waals surface area contributed by atoms with E-state index in [0.29, 0.717) is 51.0 Å². The van der Waals surface area contributed by atoms with E-state index in [0.717, 1.165) is 22.5 Å². The summed E-state index contributed by atoms with van der Waals surface area (Å²) in [5.41, 5.74) is 9.96. The molecule has 1 aliphatic rings. The van der Waals surface area contributed by atoms with E-state index in [1.807, 2.05) is 78.6 Å². The van der Waals surface area contributed by atoms with E-state index in [-0.39, 0.29) is 29.7 Å². The number of carbonyl (C=O) groups excluding carboxylic acids is 2. The lowest BCUT2D eigenvalue weighted by atomic mass is 9.90. The van der Waals surface area contributed by atoms with Crippen LogP contribution in [0.3, 0.4) is 0 Å². The molecular weight excluding hydrogens is 564 g/mol. The van der Waals surface area contributed by atoms with Crippen molar-refractivity contribution in [2.75, 3.05) is 26.2 Å². The van der Waals surface area contributed by atoms with E-state index >= 15 is 0 Å². The topological polar surface area (TPSA) is 141 Å². The predicted octanol–water partition coefficient (Wildman–Crippen LogP) is 3.56. The van der Waals surface area contributed by atoms with Gasteiger partial charge >= 0.3 is 0 Å². The first-order valence-corrected chi connectivity index (χ1v) is 15.5. The van der Waals surface area contributed by atoms with Gasteiger partial charge in [-0.3, -0.25) is 15.0 Å². The van der Waals surface area contributed by atoms with Crippen LogP contribution in [0, 0.1) is 12.3 Å². The molecule has 6 N–H and O–H groups in total. The molecule has 1 aromatic heterocycles. The fourth-order valence-corrected chi connectivity index (χ4v) is 5.93. The summed E-state index contributed by atoms with van der Waals surface area (Å²) in [5, 5.41) is 21.4. The molecule has 3 aromatic carbocycles. The van der Waals surface area contributed by atoms with Gasteiger partial charge in [-0.15, -0.1) is 0 Å². The van der Waals surface area contributed by atoms with E-state index in [1.165, 1.54) is 0 Å². The number of nitrogens with zero attached hydrogens (tertiary/aromatic N) is 3. The molecule has 2 heterocycles. The molecule has 1 fully saturated rings. The van der Waals surface area contributed by atoms with E-state index in [2.05, 4.69) is 45.3 Å². The lowest BCUT2D eigenvalue weighted by molar-refractivity contribution is -0.133. The monoisotopic (exact) mass is 606 g/mol. The number of hydrogen-bond donors (Lipinski definition) is 5. The molecule has 1 aliphatic heterocycles. The molecule has 1 saturated heterocycles. The lowest BCUT2D eigenvalue weighted by Crippen LogP contribution is -2.49. The number of amides is 2. The summed E-state index contributed by atoms with van der Waals surface area (Å²) in [4.78, 5) is 29.3. The largest absolute Gasteiger partial charge is 0.370 e. The highest BCUT2D eigenvalue weighted by molar-refractivity contribution is 5.95. The van der Waals surface area contributed by atoms with Crippen molar-refractivity contribution in [2.45, 2.75) is 44.2 Å². The summed E-state index contributed by atoms with van der Waals surface area (Å²) in [7, 11) is 0. The molecule has 2 atom stereocenters. The van der Waals surface area contributed by atoms with Gasteiger partial charge < -0.3 is 26.6 Å². The fraction of sp³-hybridized carbons (Fsp3) is 0.314. The summed E-state index contributed by atoms with van der Waals surface area (Å²) >= 11 is 0. The smallest absolute Gasteiger partial charge is 0.254 e. The Labute approximate surface area is 264 Å². The molecule has 5 rings (SSSR count). The van der Waals surface area contributed by atoms with Crippen molar-refractivity contribution in [3.8, 4) is 5.69 Å². The van der Waals surface area contributed by atoms with Gasteiger partial charge in [0.1, 0.15) is 0 Å². The van der Waals surface area contributed by atoms with Gasteiger partial charge in [-0.05, 0) is 49.4 Å². The molecule has 0 spiro atoms. The molecule has 10 heteroatoms. The molecule has 234 valence electrons. The number of hydrogen-bond acceptors (Lipinski definition) is 5. The Hall–Kier alpha value is -4.96. The van der Waals surface area contributed by atoms with Crippen molar-refractivity contribution in [1.82, 2.24) is 30.6 Å². The zero-order valence-corrected chi connectivity index (χ0v) is 25.7. The third-order valence-electron chi connectivity index (χ3n) is 8.35. The van der Waals surface area contributed by atoms with E-state index in [4.69, 9.17) is 11.1 Å². The Bertz CT molecular complexity index is 1520. The quantitative estimate of drug-likeness (QED) is 0.0949. The van der Waals surface area contributed by atoms with Gasteiger partial charge in [0.2, 0.25) is 5.91 Å². The van der Waals surface area contributed by atoms with Crippen LogP contribution < -0.4 is 21.7 Å². The Kier molecular flexibility index (Phi) is 10.6. The number of benzene rings is 3. The summed E-state index contributed by atoms with van der Waals surface area (Å²) < 4.78 is 1.76. The van der Waals surface area contributed by atoms with Crippen LogP contribution in [-0.4, -0.2) is 70.7 Å². The van der Waals surface area contributed by atoms with Crippen LogP contribution in [0.2, 0.25) is 0 Å². The molecule has 0 saturated carbocycles. The molecule has 0 radical (unpaired) electrons. The van der Waals surface area contributed by atoms with Crippen molar-refractivity contribution in [3.05, 3.63) is 120 Å². The van der Waals surface area contributed by atoms with Gasteiger partial charge in [0.25, 0.3) is 5.91 Å². The van der Waals surface area contributed by atoms with Crippen LogP contribution in [0.5, 0.6) is 0 Å². The number of carbonyl (C=O) groups is 2. The number of para-hydroxylation sites is 1. The number of aromatic nitrogens is 2.